The molecule has 0 aliphatic heterocycles. The van der Waals surface area contributed by atoms with E-state index in [-0.39, 0.29) is 6.42 Å². The van der Waals surface area contributed by atoms with Gasteiger partial charge in [-0.1, -0.05) is 0 Å². The van der Waals surface area contributed by atoms with Gasteiger partial charge in [0.05, 0.1) is 18.4 Å². The third-order valence-electron chi connectivity index (χ3n) is 1.64. The van der Waals surface area contributed by atoms with Crippen molar-refractivity contribution in [3.8, 4) is 6.07 Å². The molecule has 0 aliphatic carbocycles. The fourth-order valence-corrected chi connectivity index (χ4v) is 1.01. The molecule has 4 nitrogen and oxygen atoms in total. The van der Waals surface area contributed by atoms with Gasteiger partial charge >= 0.3 is 5.97 Å². The van der Waals surface area contributed by atoms with Gasteiger partial charge in [-0.25, -0.2) is 0 Å². The molecule has 13 heavy (non-hydrogen) atoms. The third kappa shape index (κ3) is 2.56. The lowest BCUT2D eigenvalue weighted by molar-refractivity contribution is -0.137. The van der Waals surface area contributed by atoms with Crippen molar-refractivity contribution in [3.05, 3.63) is 30.1 Å². The van der Waals surface area contributed by atoms with Crippen molar-refractivity contribution in [2.75, 3.05) is 0 Å². The Bertz CT molecular complexity index is 329. The van der Waals surface area contributed by atoms with Crippen LogP contribution in [0.4, 0.5) is 0 Å². The average molecular weight is 176 g/mol. The molecule has 0 spiro atoms. The van der Waals surface area contributed by atoms with Gasteiger partial charge in [-0.05, 0) is 17.7 Å². The van der Waals surface area contributed by atoms with Crippen LogP contribution in [-0.4, -0.2) is 16.1 Å². The Labute approximate surface area is 75.5 Å². The topological polar surface area (TPSA) is 74.0 Å². The molecule has 1 N–H and O–H groups in total. The van der Waals surface area contributed by atoms with Gasteiger partial charge in [0.2, 0.25) is 0 Å². The molecule has 1 aromatic heterocycles. The number of aromatic nitrogens is 1. The second-order valence-corrected chi connectivity index (χ2v) is 2.56. The normalized spacial score (nSPS) is 11.6. The third-order valence-corrected chi connectivity index (χ3v) is 1.64. The summed E-state index contributed by atoms with van der Waals surface area (Å²) in [6, 6.07) is 5.24. The van der Waals surface area contributed by atoms with E-state index >= 15 is 0 Å². The zero-order valence-corrected chi connectivity index (χ0v) is 6.84. The van der Waals surface area contributed by atoms with Gasteiger partial charge in [-0.15, -0.1) is 0 Å². The highest BCUT2D eigenvalue weighted by molar-refractivity contribution is 5.68. The SMILES string of the molecule is N#C[C@@H](CC(=O)O)c1ccncc1. The molecule has 0 radical (unpaired) electrons. The van der Waals surface area contributed by atoms with E-state index in [1.54, 1.807) is 24.5 Å². The molecular weight excluding hydrogens is 168 g/mol. The minimum Gasteiger partial charge on any atom is -0.481 e. The summed E-state index contributed by atoms with van der Waals surface area (Å²) in [5, 5.41) is 17.2. The number of nitriles is 1. The summed E-state index contributed by atoms with van der Waals surface area (Å²) in [6.45, 7) is 0. The summed E-state index contributed by atoms with van der Waals surface area (Å²) < 4.78 is 0. The van der Waals surface area contributed by atoms with Crippen LogP contribution in [0.2, 0.25) is 0 Å². The standard InChI is InChI=1S/C9H8N2O2/c10-6-8(5-9(12)13)7-1-3-11-4-2-7/h1-4,8H,5H2,(H,12,13)/t8-/m1/s1. The summed E-state index contributed by atoms with van der Waals surface area (Å²) in [5.74, 6) is -1.55. The minimum absolute atomic E-state index is 0.166. The minimum atomic E-state index is -0.969. The number of hydrogen-bond donors (Lipinski definition) is 1. The Kier molecular flexibility index (Phi) is 2.98. The molecule has 1 aromatic rings. The molecule has 0 saturated heterocycles. The van der Waals surface area contributed by atoms with Gasteiger partial charge in [0.15, 0.2) is 0 Å². The van der Waals surface area contributed by atoms with Crippen LogP contribution in [0.15, 0.2) is 24.5 Å². The van der Waals surface area contributed by atoms with Crippen molar-refractivity contribution >= 4 is 5.97 Å². The predicted molar refractivity (Wildman–Crippen MR) is 44.8 cm³/mol. The first-order chi connectivity index (χ1) is 6.24. The van der Waals surface area contributed by atoms with Gasteiger partial charge < -0.3 is 5.11 Å². The van der Waals surface area contributed by atoms with E-state index in [1.807, 2.05) is 6.07 Å². The Morgan fingerprint density at radius 3 is 2.69 bits per heavy atom. The van der Waals surface area contributed by atoms with E-state index in [9.17, 15) is 4.79 Å². The van der Waals surface area contributed by atoms with Crippen LogP contribution in [0, 0.1) is 11.3 Å². The van der Waals surface area contributed by atoms with Gasteiger partial charge in [0.1, 0.15) is 0 Å². The maximum absolute atomic E-state index is 10.4. The molecule has 0 aliphatic rings. The van der Waals surface area contributed by atoms with Crippen molar-refractivity contribution < 1.29 is 9.90 Å². The molecule has 0 bridgehead atoms. The van der Waals surface area contributed by atoms with E-state index in [2.05, 4.69) is 4.98 Å². The molecule has 1 atom stereocenters. The largest absolute Gasteiger partial charge is 0.481 e. The number of carbonyl (C=O) groups is 1. The van der Waals surface area contributed by atoms with Gasteiger partial charge in [0, 0.05) is 12.4 Å². The Hall–Kier alpha value is -1.89. The van der Waals surface area contributed by atoms with Crippen molar-refractivity contribution in [1.82, 2.24) is 4.98 Å². The fraction of sp³-hybridized carbons (Fsp3) is 0.222. The zero-order valence-electron chi connectivity index (χ0n) is 6.84. The summed E-state index contributed by atoms with van der Waals surface area (Å²) in [5.41, 5.74) is 0.694. The van der Waals surface area contributed by atoms with Crippen LogP contribution in [-0.2, 0) is 4.79 Å². The number of carboxylic acids is 1. The lowest BCUT2D eigenvalue weighted by Crippen LogP contribution is -2.04. The predicted octanol–water partition coefficient (Wildman–Crippen LogP) is 1.16. The lowest BCUT2D eigenvalue weighted by atomic mass is 9.99. The van der Waals surface area contributed by atoms with E-state index in [0.29, 0.717) is 5.56 Å². The van der Waals surface area contributed by atoms with Crippen molar-refractivity contribution in [2.45, 2.75) is 12.3 Å². The maximum atomic E-state index is 10.4. The first-order valence-electron chi connectivity index (χ1n) is 3.75. The molecule has 1 heterocycles. The highest BCUT2D eigenvalue weighted by Crippen LogP contribution is 2.17. The number of nitrogens with zero attached hydrogens (tertiary/aromatic N) is 2. The van der Waals surface area contributed by atoms with Crippen LogP contribution in [0.5, 0.6) is 0 Å². The summed E-state index contributed by atoms with van der Waals surface area (Å²) in [7, 11) is 0. The molecular formula is C9H8N2O2. The molecule has 66 valence electrons. The van der Waals surface area contributed by atoms with Gasteiger partial charge in [-0.2, -0.15) is 5.26 Å². The van der Waals surface area contributed by atoms with E-state index in [1.165, 1.54) is 0 Å². The number of pyridine rings is 1. The van der Waals surface area contributed by atoms with Crippen molar-refractivity contribution in [1.29, 1.82) is 5.26 Å². The first kappa shape index (κ1) is 9.20. The molecule has 0 unspecified atom stereocenters. The average Bonchev–Trinajstić information content (AvgIpc) is 2.15. The molecule has 0 amide bonds. The molecule has 0 saturated carbocycles. The van der Waals surface area contributed by atoms with E-state index in [4.69, 9.17) is 10.4 Å². The number of carboxylic acid groups (broad SMARTS) is 1. The molecule has 0 fully saturated rings. The molecule has 1 rings (SSSR count). The van der Waals surface area contributed by atoms with Gasteiger partial charge in [-0.3, -0.25) is 9.78 Å². The second kappa shape index (κ2) is 4.21. The zero-order chi connectivity index (χ0) is 9.68. The lowest BCUT2D eigenvalue weighted by Gasteiger charge is -2.04. The number of hydrogen-bond acceptors (Lipinski definition) is 3. The Balaban J connectivity index is 2.80. The van der Waals surface area contributed by atoms with Crippen LogP contribution >= 0.6 is 0 Å². The summed E-state index contributed by atoms with van der Waals surface area (Å²) in [6.07, 6.45) is 2.92. The van der Waals surface area contributed by atoms with Crippen LogP contribution < -0.4 is 0 Å². The smallest absolute Gasteiger partial charge is 0.305 e. The highest BCUT2D eigenvalue weighted by atomic mass is 16.4. The van der Waals surface area contributed by atoms with Crippen LogP contribution in [0.3, 0.4) is 0 Å². The molecule has 0 aromatic carbocycles. The maximum Gasteiger partial charge on any atom is 0.305 e. The van der Waals surface area contributed by atoms with Crippen molar-refractivity contribution in [2.24, 2.45) is 0 Å². The molecule has 4 heteroatoms. The quantitative estimate of drug-likeness (QED) is 0.749. The summed E-state index contributed by atoms with van der Waals surface area (Å²) in [4.78, 5) is 14.2. The monoisotopic (exact) mass is 176 g/mol. The number of rotatable bonds is 3. The second-order valence-electron chi connectivity index (χ2n) is 2.56. The van der Waals surface area contributed by atoms with Crippen LogP contribution in [0.1, 0.15) is 17.9 Å². The Morgan fingerprint density at radius 1 is 1.62 bits per heavy atom. The fourth-order valence-electron chi connectivity index (χ4n) is 1.01. The Morgan fingerprint density at radius 2 is 2.23 bits per heavy atom. The first-order valence-corrected chi connectivity index (χ1v) is 3.75. The van der Waals surface area contributed by atoms with E-state index < -0.39 is 11.9 Å². The van der Waals surface area contributed by atoms with E-state index in [0.717, 1.165) is 0 Å². The van der Waals surface area contributed by atoms with Crippen molar-refractivity contribution in [3.63, 3.8) is 0 Å². The van der Waals surface area contributed by atoms with Gasteiger partial charge in [0.25, 0.3) is 0 Å². The number of aliphatic carboxylic acids is 1. The highest BCUT2D eigenvalue weighted by Gasteiger charge is 2.13. The summed E-state index contributed by atoms with van der Waals surface area (Å²) >= 11 is 0. The van der Waals surface area contributed by atoms with Crippen LogP contribution in [0.25, 0.3) is 0 Å².